The number of anilines is 3. The second kappa shape index (κ2) is 7.67. The van der Waals surface area contributed by atoms with Crippen LogP contribution < -0.4 is 15.5 Å². The second-order valence-electron chi connectivity index (χ2n) is 7.88. The van der Waals surface area contributed by atoms with Crippen LogP contribution in [0.5, 0.6) is 0 Å². The molecular weight excluding hydrogens is 374 g/mol. The molecule has 3 aromatic rings. The van der Waals surface area contributed by atoms with Gasteiger partial charge < -0.3 is 15.5 Å². The molecule has 0 fully saturated rings. The first-order chi connectivity index (χ1) is 14.7. The Balaban J connectivity index is 1.27. The minimum atomic E-state index is -0.476. The van der Waals surface area contributed by atoms with E-state index in [9.17, 15) is 9.59 Å². The van der Waals surface area contributed by atoms with E-state index in [1.165, 1.54) is 16.8 Å². The average molecular weight is 397 g/mol. The van der Waals surface area contributed by atoms with Gasteiger partial charge in [-0.1, -0.05) is 48.5 Å². The van der Waals surface area contributed by atoms with E-state index in [-0.39, 0.29) is 18.2 Å². The third-order valence-electron chi connectivity index (χ3n) is 5.89. The zero-order chi connectivity index (χ0) is 20.5. The van der Waals surface area contributed by atoms with Crippen molar-refractivity contribution in [1.82, 2.24) is 0 Å². The van der Waals surface area contributed by atoms with E-state index in [1.54, 1.807) is 0 Å². The van der Waals surface area contributed by atoms with E-state index >= 15 is 0 Å². The number of nitrogens with one attached hydrogen (secondary N) is 2. The molecule has 0 aromatic heterocycles. The lowest BCUT2D eigenvalue weighted by molar-refractivity contribution is -0.123. The molecule has 2 aliphatic heterocycles. The van der Waals surface area contributed by atoms with Crippen LogP contribution in [0.4, 0.5) is 17.1 Å². The van der Waals surface area contributed by atoms with E-state index < -0.39 is 5.92 Å². The van der Waals surface area contributed by atoms with Crippen LogP contribution in [0.15, 0.2) is 72.8 Å². The van der Waals surface area contributed by atoms with Gasteiger partial charge in [0.1, 0.15) is 0 Å². The van der Waals surface area contributed by atoms with Crippen LogP contribution in [0.3, 0.4) is 0 Å². The molecule has 5 nitrogen and oxygen atoms in total. The molecule has 3 aromatic carbocycles. The molecule has 2 N–H and O–H groups in total. The number of carbonyl (C=O) groups is 2. The summed E-state index contributed by atoms with van der Waals surface area (Å²) in [4.78, 5) is 27.3. The Bertz CT molecular complexity index is 1110. The predicted molar refractivity (Wildman–Crippen MR) is 119 cm³/mol. The summed E-state index contributed by atoms with van der Waals surface area (Å²) in [6.45, 7) is 1.88. The van der Waals surface area contributed by atoms with Gasteiger partial charge in [-0.05, 0) is 47.4 Å². The number of benzene rings is 3. The van der Waals surface area contributed by atoms with Crippen LogP contribution in [0.25, 0.3) is 0 Å². The molecule has 1 unspecified atom stereocenters. The lowest BCUT2D eigenvalue weighted by atomic mass is 9.90. The number of hydrogen-bond acceptors (Lipinski definition) is 3. The molecule has 5 rings (SSSR count). The Morgan fingerprint density at radius 1 is 1.00 bits per heavy atom. The molecule has 30 heavy (non-hydrogen) atoms. The SMILES string of the molecule is O=C1CC(C(=O)Nc2ccc(CN3CCc4ccccc43)cc2)c2ccccc2N1. The van der Waals surface area contributed by atoms with Crippen molar-refractivity contribution in [3.8, 4) is 0 Å². The first-order valence-corrected chi connectivity index (χ1v) is 10.3. The molecule has 2 aliphatic rings. The van der Waals surface area contributed by atoms with Crippen molar-refractivity contribution < 1.29 is 9.59 Å². The molecule has 150 valence electrons. The number of amides is 2. The first kappa shape index (κ1) is 18.4. The van der Waals surface area contributed by atoms with Gasteiger partial charge in [0.25, 0.3) is 0 Å². The van der Waals surface area contributed by atoms with E-state index in [0.717, 1.165) is 36.4 Å². The monoisotopic (exact) mass is 397 g/mol. The van der Waals surface area contributed by atoms with Crippen molar-refractivity contribution in [2.45, 2.75) is 25.3 Å². The highest BCUT2D eigenvalue weighted by atomic mass is 16.2. The number of nitrogens with zero attached hydrogens (tertiary/aromatic N) is 1. The minimum Gasteiger partial charge on any atom is -0.367 e. The zero-order valence-corrected chi connectivity index (χ0v) is 16.6. The van der Waals surface area contributed by atoms with Crippen LogP contribution in [0.1, 0.15) is 29.0 Å². The molecule has 0 saturated heterocycles. The molecule has 2 amide bonds. The smallest absolute Gasteiger partial charge is 0.232 e. The standard InChI is InChI=1S/C25H23N3O2/c29-24-15-21(20-6-2-3-7-22(20)27-24)25(30)26-19-11-9-17(10-12-19)16-28-14-13-18-5-1-4-8-23(18)28/h1-12,21H,13-16H2,(H,26,30)(H,27,29). The van der Waals surface area contributed by atoms with Crippen LogP contribution >= 0.6 is 0 Å². The molecular formula is C25H23N3O2. The van der Waals surface area contributed by atoms with E-state index in [0.29, 0.717) is 0 Å². The maximum absolute atomic E-state index is 12.9. The maximum atomic E-state index is 12.9. The molecule has 0 radical (unpaired) electrons. The Morgan fingerprint density at radius 3 is 2.63 bits per heavy atom. The summed E-state index contributed by atoms with van der Waals surface area (Å²) in [6.07, 6.45) is 1.25. The summed E-state index contributed by atoms with van der Waals surface area (Å²) in [7, 11) is 0. The van der Waals surface area contributed by atoms with Crippen molar-refractivity contribution >= 4 is 28.9 Å². The van der Waals surface area contributed by atoms with Crippen LogP contribution in [0, 0.1) is 0 Å². The quantitative estimate of drug-likeness (QED) is 0.690. The highest BCUT2D eigenvalue weighted by Gasteiger charge is 2.30. The van der Waals surface area contributed by atoms with Crippen LogP contribution in [0.2, 0.25) is 0 Å². The van der Waals surface area contributed by atoms with E-state index in [2.05, 4.69) is 51.9 Å². The summed E-state index contributed by atoms with van der Waals surface area (Å²) in [5.74, 6) is -0.760. The van der Waals surface area contributed by atoms with Gasteiger partial charge in [0.05, 0.1) is 5.92 Å². The van der Waals surface area contributed by atoms with Crippen molar-refractivity contribution in [3.05, 3.63) is 89.5 Å². The lowest BCUT2D eigenvalue weighted by Crippen LogP contribution is -2.30. The Hall–Kier alpha value is -3.60. The predicted octanol–water partition coefficient (Wildman–Crippen LogP) is 4.31. The summed E-state index contributed by atoms with van der Waals surface area (Å²) >= 11 is 0. The van der Waals surface area contributed by atoms with Crippen LogP contribution in [-0.2, 0) is 22.6 Å². The third-order valence-corrected chi connectivity index (χ3v) is 5.89. The summed E-state index contributed by atoms with van der Waals surface area (Å²) in [5.41, 5.74) is 6.23. The molecule has 0 bridgehead atoms. The highest BCUT2D eigenvalue weighted by Crippen LogP contribution is 2.33. The Labute approximate surface area is 175 Å². The molecule has 1 atom stereocenters. The van der Waals surface area contributed by atoms with Gasteiger partial charge in [0, 0.05) is 36.6 Å². The van der Waals surface area contributed by atoms with Gasteiger partial charge >= 0.3 is 0 Å². The van der Waals surface area contributed by atoms with Gasteiger partial charge in [-0.2, -0.15) is 0 Å². The molecule has 5 heteroatoms. The normalized spacial score (nSPS) is 17.1. The van der Waals surface area contributed by atoms with Crippen molar-refractivity contribution in [2.24, 2.45) is 0 Å². The lowest BCUT2D eigenvalue weighted by Gasteiger charge is -2.24. The molecule has 0 spiro atoms. The maximum Gasteiger partial charge on any atom is 0.232 e. The number of para-hydroxylation sites is 2. The molecule has 2 heterocycles. The number of fused-ring (bicyclic) bond motifs is 2. The van der Waals surface area contributed by atoms with Gasteiger partial charge in [-0.3, -0.25) is 9.59 Å². The number of rotatable bonds is 4. The van der Waals surface area contributed by atoms with E-state index in [1.807, 2.05) is 36.4 Å². The van der Waals surface area contributed by atoms with Gasteiger partial charge in [-0.15, -0.1) is 0 Å². The number of carbonyl (C=O) groups excluding carboxylic acids is 2. The summed E-state index contributed by atoms with van der Waals surface area (Å²) in [6, 6.07) is 24.0. The van der Waals surface area contributed by atoms with Crippen molar-refractivity contribution in [1.29, 1.82) is 0 Å². The largest absolute Gasteiger partial charge is 0.367 e. The van der Waals surface area contributed by atoms with Crippen LogP contribution in [-0.4, -0.2) is 18.4 Å². The Kier molecular flexibility index (Phi) is 4.71. The average Bonchev–Trinajstić information content (AvgIpc) is 3.17. The second-order valence-corrected chi connectivity index (χ2v) is 7.88. The van der Waals surface area contributed by atoms with Crippen molar-refractivity contribution in [3.63, 3.8) is 0 Å². The van der Waals surface area contributed by atoms with Gasteiger partial charge in [-0.25, -0.2) is 0 Å². The molecule has 0 saturated carbocycles. The fraction of sp³-hybridized carbons (Fsp3) is 0.200. The first-order valence-electron chi connectivity index (χ1n) is 10.3. The zero-order valence-electron chi connectivity index (χ0n) is 16.6. The van der Waals surface area contributed by atoms with Gasteiger partial charge in [0.15, 0.2) is 0 Å². The fourth-order valence-electron chi connectivity index (χ4n) is 4.36. The summed E-state index contributed by atoms with van der Waals surface area (Å²) in [5, 5.41) is 5.81. The Morgan fingerprint density at radius 2 is 1.77 bits per heavy atom. The van der Waals surface area contributed by atoms with Crippen molar-refractivity contribution in [2.75, 3.05) is 22.1 Å². The fourth-order valence-corrected chi connectivity index (χ4v) is 4.36. The summed E-state index contributed by atoms with van der Waals surface area (Å²) < 4.78 is 0. The molecule has 0 aliphatic carbocycles. The third kappa shape index (κ3) is 3.54. The van der Waals surface area contributed by atoms with E-state index in [4.69, 9.17) is 0 Å². The van der Waals surface area contributed by atoms with Gasteiger partial charge in [0.2, 0.25) is 11.8 Å². The minimum absolute atomic E-state index is 0.130. The highest BCUT2D eigenvalue weighted by molar-refractivity contribution is 6.05. The number of hydrogen-bond donors (Lipinski definition) is 2. The topological polar surface area (TPSA) is 61.4 Å².